The minimum absolute atomic E-state index is 0.0706. The third-order valence-corrected chi connectivity index (χ3v) is 2.29. The molecule has 0 amide bonds. The number of aliphatic imine (C=N–C) groups is 1. The van der Waals surface area contributed by atoms with Gasteiger partial charge in [0.05, 0.1) is 6.61 Å². The topological polar surface area (TPSA) is 65.7 Å². The van der Waals surface area contributed by atoms with Crippen molar-refractivity contribution in [3.05, 3.63) is 12.7 Å². The number of ether oxygens (including phenoxy) is 1. The summed E-state index contributed by atoms with van der Waals surface area (Å²) < 4.78 is 4.83. The summed E-state index contributed by atoms with van der Waals surface area (Å²) >= 11 is 1.30. The van der Waals surface area contributed by atoms with Crippen molar-refractivity contribution >= 4 is 22.9 Å². The van der Waals surface area contributed by atoms with Gasteiger partial charge in [-0.05, 0) is 13.2 Å². The van der Waals surface area contributed by atoms with Crippen molar-refractivity contribution in [2.24, 2.45) is 4.99 Å². The molecule has 0 atom stereocenters. The lowest BCUT2D eigenvalue weighted by Crippen LogP contribution is -2.35. The maximum atomic E-state index is 11.3. The number of nitriles is 1. The molecule has 88 valence electrons. The number of carbonyl (C=O) groups excluding carboxylic acids is 1. The van der Waals surface area contributed by atoms with Crippen molar-refractivity contribution < 1.29 is 9.53 Å². The Morgan fingerprint density at radius 3 is 2.88 bits per heavy atom. The van der Waals surface area contributed by atoms with Crippen LogP contribution in [0.5, 0.6) is 0 Å². The van der Waals surface area contributed by atoms with E-state index in [2.05, 4.69) is 11.6 Å². The van der Waals surface area contributed by atoms with E-state index in [0.29, 0.717) is 18.3 Å². The quantitative estimate of drug-likeness (QED) is 0.238. The number of carbonyl (C=O) groups is 1. The second-order valence-electron chi connectivity index (χ2n) is 2.67. The van der Waals surface area contributed by atoms with Gasteiger partial charge in [-0.25, -0.2) is 0 Å². The maximum absolute atomic E-state index is 11.3. The van der Waals surface area contributed by atoms with E-state index in [9.17, 15) is 4.79 Å². The average Bonchev–Trinajstić information content (AvgIpc) is 2.25. The summed E-state index contributed by atoms with van der Waals surface area (Å²) in [6.45, 7) is 6.19. The van der Waals surface area contributed by atoms with Crippen LogP contribution in [0, 0.1) is 11.5 Å². The van der Waals surface area contributed by atoms with Crippen LogP contribution < -0.4 is 0 Å². The number of thioether (sulfide) groups is 1. The van der Waals surface area contributed by atoms with E-state index in [1.54, 1.807) is 30.3 Å². The molecule has 0 rings (SSSR count). The fraction of sp³-hybridized carbons (Fsp3) is 0.500. The van der Waals surface area contributed by atoms with Crippen molar-refractivity contribution in [3.8, 4) is 6.19 Å². The first-order chi connectivity index (χ1) is 7.69. The smallest absolute Gasteiger partial charge is 0.325 e. The first kappa shape index (κ1) is 14.5. The second kappa shape index (κ2) is 8.80. The molecule has 0 spiro atoms. The summed E-state index contributed by atoms with van der Waals surface area (Å²) in [5.74, 6) is -0.343. The van der Waals surface area contributed by atoms with Crippen LogP contribution in [-0.2, 0) is 9.53 Å². The average molecular weight is 241 g/mol. The van der Waals surface area contributed by atoms with E-state index in [-0.39, 0.29) is 12.5 Å². The zero-order chi connectivity index (χ0) is 12.4. The summed E-state index contributed by atoms with van der Waals surface area (Å²) in [6.07, 6.45) is 5.13. The number of rotatable bonds is 5. The van der Waals surface area contributed by atoms with Gasteiger partial charge in [-0.15, -0.1) is 11.6 Å². The summed E-state index contributed by atoms with van der Waals surface area (Å²) in [4.78, 5) is 16.6. The molecule has 0 radical (unpaired) electrons. The monoisotopic (exact) mass is 241 g/mol. The number of hydrogen-bond donors (Lipinski definition) is 0. The Balaban J connectivity index is 4.59. The lowest BCUT2D eigenvalue weighted by atomic mass is 10.5. The van der Waals surface area contributed by atoms with E-state index in [4.69, 9.17) is 10.00 Å². The minimum atomic E-state index is -0.343. The molecule has 0 N–H and O–H groups in total. The van der Waals surface area contributed by atoms with Crippen molar-refractivity contribution in [3.63, 3.8) is 0 Å². The van der Waals surface area contributed by atoms with Crippen molar-refractivity contribution in [1.82, 2.24) is 4.90 Å². The Bertz CT molecular complexity index is 310. The Morgan fingerprint density at radius 1 is 1.75 bits per heavy atom. The molecule has 0 saturated heterocycles. The molecule has 6 heteroatoms. The molecule has 0 unspecified atom stereocenters. The summed E-state index contributed by atoms with van der Waals surface area (Å²) in [5, 5.41) is 8.98. The zero-order valence-corrected chi connectivity index (χ0v) is 10.3. The standard InChI is InChI=1S/C10H15N3O2S/c1-4-6-13(7-9(14)15-5-2)10(16-3)12-8-11/h4H,1,5-7H2,2-3H3. The Morgan fingerprint density at radius 2 is 2.44 bits per heavy atom. The molecular weight excluding hydrogens is 226 g/mol. The molecule has 0 aliphatic rings. The molecule has 0 aromatic carbocycles. The van der Waals surface area contributed by atoms with Crippen molar-refractivity contribution in [2.75, 3.05) is 26.0 Å². The predicted octanol–water partition coefficient (Wildman–Crippen LogP) is 1.24. The van der Waals surface area contributed by atoms with Crippen LogP contribution in [0.15, 0.2) is 17.6 Å². The number of hydrogen-bond acceptors (Lipinski definition) is 5. The van der Waals surface area contributed by atoms with Gasteiger partial charge in [0.2, 0.25) is 6.19 Å². The predicted molar refractivity (Wildman–Crippen MR) is 65.0 cm³/mol. The third-order valence-electron chi connectivity index (χ3n) is 1.57. The lowest BCUT2D eigenvalue weighted by Gasteiger charge is -2.21. The molecule has 0 fully saturated rings. The number of amidine groups is 1. The van der Waals surface area contributed by atoms with Gasteiger partial charge in [-0.2, -0.15) is 5.26 Å². The van der Waals surface area contributed by atoms with Crippen molar-refractivity contribution in [2.45, 2.75) is 6.92 Å². The number of nitrogens with zero attached hydrogens (tertiary/aromatic N) is 3. The first-order valence-corrected chi connectivity index (χ1v) is 5.94. The fourth-order valence-corrected chi connectivity index (χ4v) is 1.55. The van der Waals surface area contributed by atoms with Crippen LogP contribution in [0.2, 0.25) is 0 Å². The van der Waals surface area contributed by atoms with Gasteiger partial charge in [-0.1, -0.05) is 17.8 Å². The highest BCUT2D eigenvalue weighted by atomic mass is 32.2. The van der Waals surface area contributed by atoms with Gasteiger partial charge in [0.25, 0.3) is 0 Å². The van der Waals surface area contributed by atoms with E-state index in [1.807, 2.05) is 0 Å². The molecule has 0 aromatic heterocycles. The van der Waals surface area contributed by atoms with Gasteiger partial charge in [0.1, 0.15) is 6.54 Å². The first-order valence-electron chi connectivity index (χ1n) is 4.71. The Hall–Kier alpha value is -1.48. The zero-order valence-electron chi connectivity index (χ0n) is 9.47. The van der Waals surface area contributed by atoms with Gasteiger partial charge in [0, 0.05) is 6.54 Å². The maximum Gasteiger partial charge on any atom is 0.325 e. The van der Waals surface area contributed by atoms with E-state index >= 15 is 0 Å². The molecule has 0 aliphatic carbocycles. The van der Waals surface area contributed by atoms with Gasteiger partial charge in [-0.3, -0.25) is 4.79 Å². The Labute approximate surface area is 99.8 Å². The van der Waals surface area contributed by atoms with Crippen LogP contribution >= 0.6 is 11.8 Å². The van der Waals surface area contributed by atoms with Gasteiger partial charge < -0.3 is 9.64 Å². The fourth-order valence-electron chi connectivity index (χ4n) is 1.02. The van der Waals surface area contributed by atoms with E-state index < -0.39 is 0 Å². The van der Waals surface area contributed by atoms with Crippen LogP contribution in [0.25, 0.3) is 0 Å². The van der Waals surface area contributed by atoms with E-state index in [0.717, 1.165) is 0 Å². The van der Waals surface area contributed by atoms with Crippen LogP contribution in [0.4, 0.5) is 0 Å². The minimum Gasteiger partial charge on any atom is -0.465 e. The van der Waals surface area contributed by atoms with E-state index in [1.165, 1.54) is 11.8 Å². The molecule has 0 aliphatic heterocycles. The highest BCUT2D eigenvalue weighted by Gasteiger charge is 2.14. The summed E-state index contributed by atoms with van der Waals surface area (Å²) in [5.41, 5.74) is 0. The lowest BCUT2D eigenvalue weighted by molar-refractivity contribution is -0.143. The second-order valence-corrected chi connectivity index (χ2v) is 3.45. The van der Waals surface area contributed by atoms with Crippen LogP contribution in [0.3, 0.4) is 0 Å². The van der Waals surface area contributed by atoms with Gasteiger partial charge >= 0.3 is 5.97 Å². The molecule has 0 bridgehead atoms. The molecule has 0 heterocycles. The van der Waals surface area contributed by atoms with Gasteiger partial charge in [0.15, 0.2) is 5.17 Å². The van der Waals surface area contributed by atoms with Crippen LogP contribution in [-0.4, -0.2) is 42.0 Å². The molecule has 0 saturated carbocycles. The number of esters is 1. The largest absolute Gasteiger partial charge is 0.465 e. The highest BCUT2D eigenvalue weighted by Crippen LogP contribution is 2.05. The normalized spacial score (nSPS) is 10.4. The highest BCUT2D eigenvalue weighted by molar-refractivity contribution is 8.13. The van der Waals surface area contributed by atoms with Crippen LogP contribution in [0.1, 0.15) is 6.92 Å². The third kappa shape index (κ3) is 5.41. The molecule has 16 heavy (non-hydrogen) atoms. The SMILES string of the molecule is C=CCN(CC(=O)OCC)C(=NC#N)SC. The summed E-state index contributed by atoms with van der Waals surface area (Å²) in [7, 11) is 0. The Kier molecular flexibility index (Phi) is 7.98. The molecule has 5 nitrogen and oxygen atoms in total. The molecular formula is C10H15N3O2S. The molecule has 0 aromatic rings. The van der Waals surface area contributed by atoms with Crippen molar-refractivity contribution in [1.29, 1.82) is 5.26 Å². The summed E-state index contributed by atoms with van der Waals surface area (Å²) in [6, 6.07) is 0.